The van der Waals surface area contributed by atoms with E-state index in [-0.39, 0.29) is 11.7 Å². The lowest BCUT2D eigenvalue weighted by molar-refractivity contribution is -0.134. The Kier molecular flexibility index (Phi) is 3.61. The monoisotopic (exact) mass is 291 g/mol. The van der Waals surface area contributed by atoms with Crippen molar-refractivity contribution in [3.63, 3.8) is 0 Å². The molecule has 8 heteroatoms. The first kappa shape index (κ1) is 13.6. The molecule has 0 aliphatic heterocycles. The standard InChI is InChI=1S/C11H8F3NO3S/c12-11(13,14)4-3-6-8(10(16)17)15-9(18-6)7-2-1-5-19-7/h1-2,5H,3-4H2,(H,16,17). The summed E-state index contributed by atoms with van der Waals surface area (Å²) in [6.07, 6.45) is -6.05. The molecule has 0 unspecified atom stereocenters. The van der Waals surface area contributed by atoms with Gasteiger partial charge in [-0.15, -0.1) is 11.3 Å². The highest BCUT2D eigenvalue weighted by molar-refractivity contribution is 7.13. The smallest absolute Gasteiger partial charge is 0.389 e. The van der Waals surface area contributed by atoms with Crippen molar-refractivity contribution in [2.75, 3.05) is 0 Å². The maximum Gasteiger partial charge on any atom is 0.389 e. The highest BCUT2D eigenvalue weighted by atomic mass is 32.1. The minimum Gasteiger partial charge on any atom is -0.476 e. The van der Waals surface area contributed by atoms with E-state index in [1.165, 1.54) is 11.3 Å². The molecule has 2 heterocycles. The Balaban J connectivity index is 2.29. The SMILES string of the molecule is O=C(O)c1nc(-c2cccs2)oc1CCC(F)(F)F. The van der Waals surface area contributed by atoms with Crippen LogP contribution in [0.4, 0.5) is 13.2 Å². The van der Waals surface area contributed by atoms with Crippen LogP contribution in [-0.2, 0) is 6.42 Å². The van der Waals surface area contributed by atoms with E-state index in [0.29, 0.717) is 4.88 Å². The van der Waals surface area contributed by atoms with Crippen molar-refractivity contribution in [3.8, 4) is 10.8 Å². The molecule has 0 fully saturated rings. The van der Waals surface area contributed by atoms with Crippen molar-refractivity contribution in [1.82, 2.24) is 4.98 Å². The Hall–Kier alpha value is -1.83. The van der Waals surface area contributed by atoms with E-state index < -0.39 is 30.7 Å². The maximum absolute atomic E-state index is 12.1. The first-order valence-corrected chi connectivity index (χ1v) is 6.08. The van der Waals surface area contributed by atoms with E-state index >= 15 is 0 Å². The summed E-state index contributed by atoms with van der Waals surface area (Å²) in [7, 11) is 0. The van der Waals surface area contributed by atoms with Gasteiger partial charge in [0.05, 0.1) is 11.3 Å². The lowest BCUT2D eigenvalue weighted by atomic mass is 10.2. The number of aromatic nitrogens is 1. The minimum absolute atomic E-state index is 0.0320. The van der Waals surface area contributed by atoms with Crippen LogP contribution in [0.25, 0.3) is 10.8 Å². The van der Waals surface area contributed by atoms with Gasteiger partial charge in [0.2, 0.25) is 5.89 Å². The van der Waals surface area contributed by atoms with Gasteiger partial charge in [-0.05, 0) is 11.4 Å². The number of carboxylic acids is 1. The van der Waals surface area contributed by atoms with Crippen LogP contribution in [0, 0.1) is 0 Å². The zero-order valence-electron chi connectivity index (χ0n) is 9.40. The number of carboxylic acid groups (broad SMARTS) is 1. The summed E-state index contributed by atoms with van der Waals surface area (Å²) < 4.78 is 41.6. The number of rotatable bonds is 4. The Bertz CT molecular complexity index is 575. The Morgan fingerprint density at radius 1 is 1.47 bits per heavy atom. The van der Waals surface area contributed by atoms with E-state index in [1.54, 1.807) is 17.5 Å². The van der Waals surface area contributed by atoms with Crippen molar-refractivity contribution in [1.29, 1.82) is 0 Å². The molecular formula is C11H8F3NO3S. The summed E-state index contributed by atoms with van der Waals surface area (Å²) in [6, 6.07) is 3.36. The van der Waals surface area contributed by atoms with Crippen LogP contribution in [0.3, 0.4) is 0 Å². The predicted molar refractivity (Wildman–Crippen MR) is 61.2 cm³/mol. The molecule has 0 atom stereocenters. The van der Waals surface area contributed by atoms with Gasteiger partial charge in [0.1, 0.15) is 5.76 Å². The molecule has 2 rings (SSSR count). The Labute approximate surface area is 109 Å². The second kappa shape index (κ2) is 5.04. The number of nitrogens with zero attached hydrogens (tertiary/aromatic N) is 1. The van der Waals surface area contributed by atoms with E-state index in [0.717, 1.165) is 0 Å². The molecule has 4 nitrogen and oxygen atoms in total. The molecule has 0 radical (unpaired) electrons. The molecule has 0 aromatic carbocycles. The van der Waals surface area contributed by atoms with Gasteiger partial charge in [0, 0.05) is 6.42 Å². The third kappa shape index (κ3) is 3.34. The van der Waals surface area contributed by atoms with Crippen LogP contribution in [0.2, 0.25) is 0 Å². The quantitative estimate of drug-likeness (QED) is 0.934. The largest absolute Gasteiger partial charge is 0.476 e. The fourth-order valence-corrected chi connectivity index (χ4v) is 2.10. The number of thiophene rings is 1. The predicted octanol–water partition coefficient (Wildman–Crippen LogP) is 3.60. The molecule has 0 bridgehead atoms. The molecule has 0 amide bonds. The fourth-order valence-electron chi connectivity index (χ4n) is 1.45. The second-order valence-corrected chi connectivity index (χ2v) is 4.64. The minimum atomic E-state index is -4.37. The summed E-state index contributed by atoms with van der Waals surface area (Å²) in [5.74, 6) is -1.62. The number of oxazole rings is 1. The molecule has 2 aromatic heterocycles. The topological polar surface area (TPSA) is 63.3 Å². The molecule has 0 aliphatic carbocycles. The number of aryl methyl sites for hydroxylation is 1. The van der Waals surface area contributed by atoms with Crippen molar-refractivity contribution in [2.24, 2.45) is 0 Å². The molecule has 0 spiro atoms. The van der Waals surface area contributed by atoms with E-state index in [2.05, 4.69) is 4.98 Å². The number of hydrogen-bond donors (Lipinski definition) is 1. The van der Waals surface area contributed by atoms with Gasteiger partial charge in [-0.1, -0.05) is 6.07 Å². The summed E-state index contributed by atoms with van der Waals surface area (Å²) in [5.41, 5.74) is -0.465. The van der Waals surface area contributed by atoms with Crippen LogP contribution in [0.5, 0.6) is 0 Å². The number of alkyl halides is 3. The second-order valence-electron chi connectivity index (χ2n) is 3.69. The normalized spacial score (nSPS) is 11.7. The van der Waals surface area contributed by atoms with E-state index in [9.17, 15) is 18.0 Å². The summed E-state index contributed by atoms with van der Waals surface area (Å²) in [4.78, 5) is 15.2. The van der Waals surface area contributed by atoms with Crippen molar-refractivity contribution >= 4 is 17.3 Å². The third-order valence-corrected chi connectivity index (χ3v) is 3.13. The molecule has 0 saturated heterocycles. The Morgan fingerprint density at radius 3 is 2.74 bits per heavy atom. The van der Waals surface area contributed by atoms with Crippen molar-refractivity contribution < 1.29 is 27.5 Å². The van der Waals surface area contributed by atoms with Crippen LogP contribution in [0.1, 0.15) is 22.7 Å². The number of halogens is 3. The number of carbonyl (C=O) groups is 1. The maximum atomic E-state index is 12.1. The van der Waals surface area contributed by atoms with Gasteiger partial charge in [0.25, 0.3) is 0 Å². The van der Waals surface area contributed by atoms with Gasteiger partial charge in [-0.3, -0.25) is 0 Å². The number of aromatic carboxylic acids is 1. The highest BCUT2D eigenvalue weighted by Gasteiger charge is 2.30. The van der Waals surface area contributed by atoms with Crippen LogP contribution in [-0.4, -0.2) is 22.2 Å². The average molecular weight is 291 g/mol. The van der Waals surface area contributed by atoms with Crippen molar-refractivity contribution in [3.05, 3.63) is 29.0 Å². The molecule has 0 aliphatic rings. The molecule has 2 aromatic rings. The third-order valence-electron chi connectivity index (χ3n) is 2.27. The summed E-state index contributed by atoms with van der Waals surface area (Å²) >= 11 is 1.26. The first-order valence-electron chi connectivity index (χ1n) is 5.20. The number of hydrogen-bond acceptors (Lipinski definition) is 4. The first-order chi connectivity index (χ1) is 8.87. The van der Waals surface area contributed by atoms with Gasteiger partial charge >= 0.3 is 12.1 Å². The van der Waals surface area contributed by atoms with Crippen LogP contribution < -0.4 is 0 Å². The summed E-state index contributed by atoms with van der Waals surface area (Å²) in [5, 5.41) is 10.6. The van der Waals surface area contributed by atoms with Crippen LogP contribution in [0.15, 0.2) is 21.9 Å². The molecule has 0 saturated carbocycles. The lowest BCUT2D eigenvalue weighted by Crippen LogP contribution is -2.10. The van der Waals surface area contributed by atoms with Gasteiger partial charge in [-0.2, -0.15) is 13.2 Å². The Morgan fingerprint density at radius 2 is 2.21 bits per heavy atom. The lowest BCUT2D eigenvalue weighted by Gasteiger charge is -2.03. The zero-order chi connectivity index (χ0) is 14.0. The molecular weight excluding hydrogens is 283 g/mol. The van der Waals surface area contributed by atoms with E-state index in [4.69, 9.17) is 9.52 Å². The van der Waals surface area contributed by atoms with Gasteiger partial charge < -0.3 is 9.52 Å². The molecule has 19 heavy (non-hydrogen) atoms. The molecule has 1 N–H and O–H groups in total. The van der Waals surface area contributed by atoms with Gasteiger partial charge in [-0.25, -0.2) is 9.78 Å². The van der Waals surface area contributed by atoms with Crippen molar-refractivity contribution in [2.45, 2.75) is 19.0 Å². The summed E-state index contributed by atoms with van der Waals surface area (Å²) in [6.45, 7) is 0. The van der Waals surface area contributed by atoms with Crippen LogP contribution >= 0.6 is 11.3 Å². The zero-order valence-corrected chi connectivity index (χ0v) is 10.2. The van der Waals surface area contributed by atoms with E-state index in [1.807, 2.05) is 0 Å². The van der Waals surface area contributed by atoms with Gasteiger partial charge in [0.15, 0.2) is 5.69 Å². The highest BCUT2D eigenvalue weighted by Crippen LogP contribution is 2.29. The fraction of sp³-hybridized carbons (Fsp3) is 0.273. The molecule has 102 valence electrons. The average Bonchev–Trinajstić information content (AvgIpc) is 2.94.